The average Bonchev–Trinajstić information content (AvgIpc) is 2.37. The van der Waals surface area contributed by atoms with Gasteiger partial charge in [-0.3, -0.25) is 4.79 Å². The van der Waals surface area contributed by atoms with E-state index in [4.69, 9.17) is 4.74 Å². The fourth-order valence-electron chi connectivity index (χ4n) is 1.23. The van der Waals surface area contributed by atoms with Gasteiger partial charge in [0.25, 0.3) is 0 Å². The van der Waals surface area contributed by atoms with Crippen LogP contribution in [0, 0.1) is 5.41 Å². The molecule has 94 valence electrons. The fraction of sp³-hybridized carbons (Fsp3) is 0.462. The summed E-state index contributed by atoms with van der Waals surface area (Å²) in [5.41, 5.74) is -0.837. The van der Waals surface area contributed by atoms with Gasteiger partial charge in [-0.1, -0.05) is 18.2 Å². The lowest BCUT2D eigenvalue weighted by Gasteiger charge is -2.24. The molecule has 0 saturated carbocycles. The molecular formula is C13H18O3S. The van der Waals surface area contributed by atoms with Crippen molar-refractivity contribution in [2.45, 2.75) is 18.7 Å². The average molecular weight is 254 g/mol. The highest BCUT2D eigenvalue weighted by Gasteiger charge is 2.34. The highest BCUT2D eigenvalue weighted by Crippen LogP contribution is 2.28. The first-order valence-electron chi connectivity index (χ1n) is 5.58. The van der Waals surface area contributed by atoms with Gasteiger partial charge in [0.15, 0.2) is 0 Å². The highest BCUT2D eigenvalue weighted by atomic mass is 32.2. The number of hydrogen-bond donors (Lipinski definition) is 1. The predicted molar refractivity (Wildman–Crippen MR) is 69.0 cm³/mol. The van der Waals surface area contributed by atoms with E-state index in [9.17, 15) is 9.90 Å². The summed E-state index contributed by atoms with van der Waals surface area (Å²) in [5.74, 6) is 0.165. The maximum atomic E-state index is 11.7. The van der Waals surface area contributed by atoms with Crippen LogP contribution < -0.4 is 0 Å². The van der Waals surface area contributed by atoms with Crippen molar-refractivity contribution < 1.29 is 14.6 Å². The van der Waals surface area contributed by atoms with Crippen LogP contribution in [0.3, 0.4) is 0 Å². The van der Waals surface area contributed by atoms with Gasteiger partial charge in [-0.2, -0.15) is 0 Å². The summed E-state index contributed by atoms with van der Waals surface area (Å²) in [6.45, 7) is 3.62. The van der Waals surface area contributed by atoms with Gasteiger partial charge < -0.3 is 9.84 Å². The fourth-order valence-corrected chi connectivity index (χ4v) is 2.28. The molecule has 1 N–H and O–H groups in total. The zero-order valence-corrected chi connectivity index (χ0v) is 11.0. The molecular weight excluding hydrogens is 236 g/mol. The van der Waals surface area contributed by atoms with Crippen LogP contribution in [0.5, 0.6) is 0 Å². The number of hydrogen-bond acceptors (Lipinski definition) is 4. The van der Waals surface area contributed by atoms with Crippen LogP contribution in [-0.2, 0) is 9.53 Å². The van der Waals surface area contributed by atoms with E-state index in [1.165, 1.54) is 0 Å². The van der Waals surface area contributed by atoms with Crippen LogP contribution in [0.2, 0.25) is 0 Å². The SMILES string of the molecule is CCOC(=O)[C@](C)(CO)CSc1ccccc1. The molecule has 0 aliphatic heterocycles. The van der Waals surface area contributed by atoms with E-state index < -0.39 is 5.41 Å². The third kappa shape index (κ3) is 4.06. The van der Waals surface area contributed by atoms with Gasteiger partial charge in [0.05, 0.1) is 18.6 Å². The Morgan fingerprint density at radius 3 is 2.59 bits per heavy atom. The Bertz CT molecular complexity index is 353. The maximum Gasteiger partial charge on any atom is 0.314 e. The number of esters is 1. The Kier molecular flexibility index (Phi) is 5.51. The zero-order chi connectivity index (χ0) is 12.7. The molecule has 1 rings (SSSR count). The summed E-state index contributed by atoms with van der Waals surface area (Å²) >= 11 is 1.55. The first kappa shape index (κ1) is 14.1. The van der Waals surface area contributed by atoms with Crippen molar-refractivity contribution in [3.63, 3.8) is 0 Å². The molecule has 1 aromatic carbocycles. The van der Waals surface area contributed by atoms with Crippen molar-refractivity contribution in [3.05, 3.63) is 30.3 Å². The molecule has 0 amide bonds. The summed E-state index contributed by atoms with van der Waals surface area (Å²) < 4.78 is 4.97. The molecule has 0 radical (unpaired) electrons. The second-order valence-corrected chi connectivity index (χ2v) is 5.09. The summed E-state index contributed by atoms with van der Waals surface area (Å²) in [6, 6.07) is 9.80. The van der Waals surface area contributed by atoms with E-state index in [-0.39, 0.29) is 12.6 Å². The molecule has 0 spiro atoms. The topological polar surface area (TPSA) is 46.5 Å². The second-order valence-electron chi connectivity index (χ2n) is 4.04. The minimum absolute atomic E-state index is 0.203. The van der Waals surface area contributed by atoms with Crippen LogP contribution in [-0.4, -0.2) is 30.0 Å². The molecule has 0 aromatic heterocycles. The van der Waals surface area contributed by atoms with Gasteiger partial charge >= 0.3 is 5.97 Å². The van der Waals surface area contributed by atoms with Crippen molar-refractivity contribution in [2.24, 2.45) is 5.41 Å². The Morgan fingerprint density at radius 1 is 1.41 bits per heavy atom. The van der Waals surface area contributed by atoms with Gasteiger partial charge in [0.2, 0.25) is 0 Å². The molecule has 1 aromatic rings. The van der Waals surface area contributed by atoms with Crippen LogP contribution in [0.15, 0.2) is 35.2 Å². The van der Waals surface area contributed by atoms with Gasteiger partial charge in [0, 0.05) is 10.6 Å². The smallest absolute Gasteiger partial charge is 0.314 e. The first-order valence-corrected chi connectivity index (χ1v) is 6.57. The largest absolute Gasteiger partial charge is 0.465 e. The number of aliphatic hydroxyl groups excluding tert-OH is 1. The summed E-state index contributed by atoms with van der Waals surface area (Å²) in [4.78, 5) is 12.8. The Balaban J connectivity index is 2.60. The standard InChI is InChI=1S/C13H18O3S/c1-3-16-12(15)13(2,9-14)10-17-11-7-5-4-6-8-11/h4-8,14H,3,9-10H2,1-2H3/t13-/m1/s1. The molecule has 0 bridgehead atoms. The van der Waals surface area contributed by atoms with Gasteiger partial charge in [-0.25, -0.2) is 0 Å². The molecule has 3 nitrogen and oxygen atoms in total. The van der Waals surface area contributed by atoms with E-state index in [0.29, 0.717) is 12.4 Å². The van der Waals surface area contributed by atoms with Crippen molar-refractivity contribution in [2.75, 3.05) is 19.0 Å². The summed E-state index contributed by atoms with van der Waals surface area (Å²) in [7, 11) is 0. The van der Waals surface area contributed by atoms with Gasteiger partial charge in [0.1, 0.15) is 0 Å². The second kappa shape index (κ2) is 6.67. The number of benzene rings is 1. The molecule has 17 heavy (non-hydrogen) atoms. The van der Waals surface area contributed by atoms with E-state index >= 15 is 0 Å². The number of aliphatic hydroxyl groups is 1. The zero-order valence-electron chi connectivity index (χ0n) is 10.2. The van der Waals surface area contributed by atoms with Crippen LogP contribution in [0.25, 0.3) is 0 Å². The molecule has 4 heteroatoms. The minimum Gasteiger partial charge on any atom is -0.465 e. The van der Waals surface area contributed by atoms with E-state index in [1.807, 2.05) is 30.3 Å². The molecule has 0 aliphatic rings. The summed E-state index contributed by atoms with van der Waals surface area (Å²) in [5, 5.41) is 9.35. The van der Waals surface area contributed by atoms with Crippen LogP contribution >= 0.6 is 11.8 Å². The molecule has 0 fully saturated rings. The predicted octanol–water partition coefficient (Wildman–Crippen LogP) is 2.34. The molecule has 0 unspecified atom stereocenters. The van der Waals surface area contributed by atoms with E-state index in [0.717, 1.165) is 4.90 Å². The monoisotopic (exact) mass is 254 g/mol. The molecule has 0 saturated heterocycles. The van der Waals surface area contributed by atoms with Crippen molar-refractivity contribution in [1.29, 1.82) is 0 Å². The molecule has 0 heterocycles. The van der Waals surface area contributed by atoms with Crippen molar-refractivity contribution in [3.8, 4) is 0 Å². The number of thioether (sulfide) groups is 1. The van der Waals surface area contributed by atoms with Crippen molar-refractivity contribution in [1.82, 2.24) is 0 Å². The van der Waals surface area contributed by atoms with E-state index in [1.54, 1.807) is 25.6 Å². The quantitative estimate of drug-likeness (QED) is 0.625. The lowest BCUT2D eigenvalue weighted by Crippen LogP contribution is -2.36. The summed E-state index contributed by atoms with van der Waals surface area (Å²) in [6.07, 6.45) is 0. The number of ether oxygens (including phenoxy) is 1. The Hall–Kier alpha value is -1.00. The molecule has 0 aliphatic carbocycles. The normalized spacial score (nSPS) is 14.1. The first-order chi connectivity index (χ1) is 8.12. The number of carbonyl (C=O) groups is 1. The minimum atomic E-state index is -0.837. The lowest BCUT2D eigenvalue weighted by atomic mass is 9.95. The van der Waals surface area contributed by atoms with Crippen LogP contribution in [0.4, 0.5) is 0 Å². The maximum absolute atomic E-state index is 11.7. The Morgan fingerprint density at radius 2 is 2.06 bits per heavy atom. The van der Waals surface area contributed by atoms with Gasteiger partial charge in [-0.15, -0.1) is 11.8 Å². The lowest BCUT2D eigenvalue weighted by molar-refractivity contribution is -0.155. The van der Waals surface area contributed by atoms with E-state index in [2.05, 4.69) is 0 Å². The van der Waals surface area contributed by atoms with Crippen LogP contribution in [0.1, 0.15) is 13.8 Å². The van der Waals surface area contributed by atoms with Gasteiger partial charge in [-0.05, 0) is 26.0 Å². The number of carbonyl (C=O) groups excluding carboxylic acids is 1. The Labute approximate surface area is 106 Å². The third-order valence-corrected chi connectivity index (χ3v) is 3.80. The molecule has 1 atom stereocenters. The number of rotatable bonds is 6. The van der Waals surface area contributed by atoms with Crippen molar-refractivity contribution >= 4 is 17.7 Å². The third-order valence-electron chi connectivity index (χ3n) is 2.42. The highest BCUT2D eigenvalue weighted by molar-refractivity contribution is 7.99.